The Morgan fingerprint density at radius 2 is 1.93 bits per heavy atom. The van der Waals surface area contributed by atoms with Gasteiger partial charge in [0.05, 0.1) is 18.3 Å². The molecule has 27 heavy (non-hydrogen) atoms. The van der Waals surface area contributed by atoms with Gasteiger partial charge in [-0.3, -0.25) is 4.99 Å². The summed E-state index contributed by atoms with van der Waals surface area (Å²) >= 11 is 0. The zero-order valence-corrected chi connectivity index (χ0v) is 16.5. The topological polar surface area (TPSA) is 71.7 Å². The quantitative estimate of drug-likeness (QED) is 0.515. The Morgan fingerprint density at radius 1 is 1.22 bits per heavy atom. The Balaban J connectivity index is 1.87. The summed E-state index contributed by atoms with van der Waals surface area (Å²) in [4.78, 5) is 4.21. The Labute approximate surface area is 160 Å². The molecule has 2 rings (SSSR count). The Morgan fingerprint density at radius 3 is 2.52 bits per heavy atom. The third kappa shape index (κ3) is 6.06. The van der Waals surface area contributed by atoms with Crippen LogP contribution >= 0.6 is 0 Å². The predicted molar refractivity (Wildman–Crippen MR) is 104 cm³/mol. The van der Waals surface area contributed by atoms with E-state index in [9.17, 15) is 4.39 Å². The number of hydrogen-bond acceptors (Lipinski definition) is 4. The van der Waals surface area contributed by atoms with Crippen LogP contribution in [0.15, 0.2) is 39.8 Å². The molecule has 1 aromatic heterocycles. The molecule has 0 amide bonds. The standard InChI is InChI=1S/C20H29FN4O2/c1-5-14(6-2)18-11-17(27-25-18)12-23-20(22-3)24-13-19(26-4)15-7-9-16(21)10-8-15/h7-11,14,19H,5-6,12-13H2,1-4H3,(H2,22,23,24). The highest BCUT2D eigenvalue weighted by Gasteiger charge is 2.14. The van der Waals surface area contributed by atoms with E-state index in [0.29, 0.717) is 25.0 Å². The Hall–Kier alpha value is -2.41. The minimum absolute atomic E-state index is 0.212. The van der Waals surface area contributed by atoms with Gasteiger partial charge in [-0.2, -0.15) is 0 Å². The van der Waals surface area contributed by atoms with Gasteiger partial charge in [0, 0.05) is 32.7 Å². The molecule has 0 fully saturated rings. The number of hydrogen-bond donors (Lipinski definition) is 2. The zero-order chi connectivity index (χ0) is 19.6. The van der Waals surface area contributed by atoms with Crippen molar-refractivity contribution in [3.05, 3.63) is 53.2 Å². The monoisotopic (exact) mass is 376 g/mol. The third-order valence-electron chi connectivity index (χ3n) is 4.62. The van der Waals surface area contributed by atoms with Crippen molar-refractivity contribution < 1.29 is 13.7 Å². The van der Waals surface area contributed by atoms with Crippen LogP contribution in [0.3, 0.4) is 0 Å². The fraction of sp³-hybridized carbons (Fsp3) is 0.500. The molecule has 0 saturated heterocycles. The molecule has 0 aliphatic heterocycles. The van der Waals surface area contributed by atoms with Crippen molar-refractivity contribution in [2.45, 2.75) is 45.3 Å². The van der Waals surface area contributed by atoms with Gasteiger partial charge < -0.3 is 19.9 Å². The fourth-order valence-electron chi connectivity index (χ4n) is 2.91. The number of nitrogens with zero attached hydrogens (tertiary/aromatic N) is 2. The molecule has 0 aliphatic carbocycles. The summed E-state index contributed by atoms with van der Waals surface area (Å²) in [5.74, 6) is 1.55. The van der Waals surface area contributed by atoms with Gasteiger partial charge in [-0.25, -0.2) is 4.39 Å². The number of guanidine groups is 1. The van der Waals surface area contributed by atoms with Crippen LogP contribution < -0.4 is 10.6 Å². The predicted octanol–water partition coefficient (Wildman–Crippen LogP) is 3.77. The van der Waals surface area contributed by atoms with E-state index in [0.717, 1.165) is 29.9 Å². The van der Waals surface area contributed by atoms with Gasteiger partial charge in [0.1, 0.15) is 5.82 Å². The summed E-state index contributed by atoms with van der Waals surface area (Å²) in [6, 6.07) is 8.28. The maximum absolute atomic E-state index is 13.1. The van der Waals surface area contributed by atoms with E-state index in [2.05, 4.69) is 34.6 Å². The van der Waals surface area contributed by atoms with E-state index >= 15 is 0 Å². The maximum atomic E-state index is 13.1. The molecule has 0 spiro atoms. The Bertz CT molecular complexity index is 711. The smallest absolute Gasteiger partial charge is 0.191 e. The van der Waals surface area contributed by atoms with E-state index in [1.807, 2.05) is 6.07 Å². The van der Waals surface area contributed by atoms with Crippen LogP contribution in [0.5, 0.6) is 0 Å². The van der Waals surface area contributed by atoms with Crippen LogP contribution in [0, 0.1) is 5.82 Å². The van der Waals surface area contributed by atoms with Gasteiger partial charge >= 0.3 is 0 Å². The van der Waals surface area contributed by atoms with Crippen LogP contribution in [0.4, 0.5) is 4.39 Å². The molecule has 2 N–H and O–H groups in total. The highest BCUT2D eigenvalue weighted by Crippen LogP contribution is 2.22. The minimum atomic E-state index is -0.265. The second-order valence-electron chi connectivity index (χ2n) is 6.31. The first kappa shape index (κ1) is 20.9. The lowest BCUT2D eigenvalue weighted by Gasteiger charge is -2.18. The number of ether oxygens (including phenoxy) is 1. The van der Waals surface area contributed by atoms with E-state index in [1.165, 1.54) is 12.1 Å². The maximum Gasteiger partial charge on any atom is 0.191 e. The van der Waals surface area contributed by atoms with E-state index in [4.69, 9.17) is 9.26 Å². The molecule has 7 heteroatoms. The second kappa shape index (κ2) is 10.7. The lowest BCUT2D eigenvalue weighted by molar-refractivity contribution is 0.106. The van der Waals surface area contributed by atoms with Crippen molar-refractivity contribution in [2.75, 3.05) is 20.7 Å². The number of benzene rings is 1. The molecular weight excluding hydrogens is 347 g/mol. The molecule has 1 heterocycles. The van der Waals surface area contributed by atoms with Crippen LogP contribution in [0.1, 0.15) is 55.7 Å². The van der Waals surface area contributed by atoms with Crippen molar-refractivity contribution in [1.82, 2.24) is 15.8 Å². The molecule has 0 aliphatic rings. The number of methoxy groups -OCH3 is 1. The highest BCUT2D eigenvalue weighted by atomic mass is 19.1. The number of rotatable bonds is 9. The van der Waals surface area contributed by atoms with Gasteiger partial charge in [0.2, 0.25) is 0 Å². The average Bonchev–Trinajstić information content (AvgIpc) is 3.15. The van der Waals surface area contributed by atoms with Crippen molar-refractivity contribution >= 4 is 5.96 Å². The van der Waals surface area contributed by atoms with Gasteiger partial charge in [-0.05, 0) is 30.5 Å². The van der Waals surface area contributed by atoms with E-state index < -0.39 is 0 Å². The molecule has 0 saturated carbocycles. The molecule has 1 unspecified atom stereocenters. The molecule has 1 aromatic carbocycles. The van der Waals surface area contributed by atoms with E-state index in [1.54, 1.807) is 26.3 Å². The fourth-order valence-corrected chi connectivity index (χ4v) is 2.91. The third-order valence-corrected chi connectivity index (χ3v) is 4.62. The zero-order valence-electron chi connectivity index (χ0n) is 16.5. The normalized spacial score (nSPS) is 13.0. The van der Waals surface area contributed by atoms with Crippen molar-refractivity contribution in [1.29, 1.82) is 0 Å². The molecule has 2 aromatic rings. The van der Waals surface area contributed by atoms with Crippen molar-refractivity contribution in [2.24, 2.45) is 4.99 Å². The van der Waals surface area contributed by atoms with Gasteiger partial charge in [0.15, 0.2) is 11.7 Å². The lowest BCUT2D eigenvalue weighted by atomic mass is 9.99. The first-order valence-electron chi connectivity index (χ1n) is 9.29. The average molecular weight is 376 g/mol. The molecule has 148 valence electrons. The number of halogens is 1. The van der Waals surface area contributed by atoms with Crippen LogP contribution in [0.25, 0.3) is 0 Å². The summed E-state index contributed by atoms with van der Waals surface area (Å²) in [5, 5.41) is 10.6. The summed E-state index contributed by atoms with van der Waals surface area (Å²) in [6.45, 7) is 5.29. The summed E-state index contributed by atoms with van der Waals surface area (Å²) < 4.78 is 24.0. The van der Waals surface area contributed by atoms with Gasteiger partial charge in [-0.15, -0.1) is 0 Å². The molecule has 1 atom stereocenters. The summed E-state index contributed by atoms with van der Waals surface area (Å²) in [6.07, 6.45) is 1.87. The van der Waals surface area contributed by atoms with Gasteiger partial charge in [0.25, 0.3) is 0 Å². The number of nitrogens with one attached hydrogen (secondary N) is 2. The number of aromatic nitrogens is 1. The lowest BCUT2D eigenvalue weighted by Crippen LogP contribution is -2.39. The number of aliphatic imine (C=N–C) groups is 1. The first-order valence-corrected chi connectivity index (χ1v) is 9.29. The molecule has 0 bridgehead atoms. The van der Waals surface area contributed by atoms with Crippen LogP contribution in [0.2, 0.25) is 0 Å². The second-order valence-corrected chi connectivity index (χ2v) is 6.31. The van der Waals surface area contributed by atoms with Crippen molar-refractivity contribution in [3.63, 3.8) is 0 Å². The van der Waals surface area contributed by atoms with Gasteiger partial charge in [-0.1, -0.05) is 31.1 Å². The highest BCUT2D eigenvalue weighted by molar-refractivity contribution is 5.79. The van der Waals surface area contributed by atoms with Crippen LogP contribution in [-0.2, 0) is 11.3 Å². The minimum Gasteiger partial charge on any atom is -0.375 e. The molecular formula is C20H29FN4O2. The largest absolute Gasteiger partial charge is 0.375 e. The molecule has 0 radical (unpaired) electrons. The SMILES string of the molecule is CCC(CC)c1cc(CNC(=NC)NCC(OC)c2ccc(F)cc2)on1. The van der Waals surface area contributed by atoms with E-state index in [-0.39, 0.29) is 11.9 Å². The van der Waals surface area contributed by atoms with Crippen LogP contribution in [-0.4, -0.2) is 31.8 Å². The molecule has 6 nitrogen and oxygen atoms in total. The van der Waals surface area contributed by atoms with Crippen molar-refractivity contribution in [3.8, 4) is 0 Å². The summed E-state index contributed by atoms with van der Waals surface area (Å²) in [7, 11) is 3.32. The Kier molecular flexibility index (Phi) is 8.26. The first-order chi connectivity index (χ1) is 13.1. The summed E-state index contributed by atoms with van der Waals surface area (Å²) in [5.41, 5.74) is 1.89.